The van der Waals surface area contributed by atoms with Crippen LogP contribution in [-0.2, 0) is 0 Å². The molecule has 0 spiro atoms. The summed E-state index contributed by atoms with van der Waals surface area (Å²) in [7, 11) is 1.92. The largest absolute Gasteiger partial charge is 0.507 e. The number of aromatic hydroxyl groups is 2. The summed E-state index contributed by atoms with van der Waals surface area (Å²) in [4.78, 5) is 14.8. The van der Waals surface area contributed by atoms with Crippen molar-refractivity contribution < 1.29 is 15.0 Å². The highest BCUT2D eigenvalue weighted by atomic mass is 16.3. The maximum atomic E-state index is 12.9. The Labute approximate surface area is 151 Å². The minimum atomic E-state index is -0.370. The summed E-state index contributed by atoms with van der Waals surface area (Å²) >= 11 is 0. The molecule has 4 rings (SSSR count). The third-order valence-electron chi connectivity index (χ3n) is 4.61. The molecule has 4 heteroatoms. The van der Waals surface area contributed by atoms with Gasteiger partial charge in [0.1, 0.15) is 11.5 Å². The minimum absolute atomic E-state index is 0.0883. The molecule has 0 saturated heterocycles. The molecule has 0 radical (unpaired) electrons. The van der Waals surface area contributed by atoms with E-state index in [1.807, 2.05) is 60.6 Å². The average Bonchev–Trinajstić information content (AvgIpc) is 2.65. The maximum absolute atomic E-state index is 12.9. The second kappa shape index (κ2) is 6.08. The molecule has 4 nitrogen and oxygen atoms in total. The van der Waals surface area contributed by atoms with Crippen LogP contribution in [0.5, 0.6) is 11.5 Å². The number of anilines is 1. The number of carbonyl (C=O) groups is 1. The van der Waals surface area contributed by atoms with E-state index in [0.717, 1.165) is 11.3 Å². The van der Waals surface area contributed by atoms with Crippen molar-refractivity contribution >= 4 is 17.0 Å². The molecular weight excluding hydrogens is 326 g/mol. The van der Waals surface area contributed by atoms with Crippen molar-refractivity contribution in [2.24, 2.45) is 0 Å². The first-order valence-corrected chi connectivity index (χ1v) is 8.27. The summed E-state index contributed by atoms with van der Waals surface area (Å²) in [6.07, 6.45) is 1.92. The number of rotatable bonds is 2. The Morgan fingerprint density at radius 1 is 0.769 bits per heavy atom. The highest BCUT2D eigenvalue weighted by Crippen LogP contribution is 2.42. The summed E-state index contributed by atoms with van der Waals surface area (Å²) < 4.78 is 0. The van der Waals surface area contributed by atoms with E-state index < -0.39 is 0 Å². The van der Waals surface area contributed by atoms with Gasteiger partial charge in [0.15, 0.2) is 0 Å². The number of fused-ring (bicyclic) bond motifs is 2. The number of ketones is 1. The summed E-state index contributed by atoms with van der Waals surface area (Å²) in [6, 6.07) is 19.8. The first-order valence-electron chi connectivity index (χ1n) is 8.27. The fourth-order valence-corrected chi connectivity index (χ4v) is 3.35. The average molecular weight is 343 g/mol. The standard InChI is InChI=1S/C22H17NO3/c1-23(14-7-3-2-4-8-14)13-17-15-9-5-11-18(24)20(15)22(26)21-16(17)10-6-12-19(21)25/h2-13,24-25H,1H3. The molecule has 2 N–H and O–H groups in total. The van der Waals surface area contributed by atoms with Gasteiger partial charge in [-0.3, -0.25) is 4.79 Å². The molecular formula is C22H17NO3. The van der Waals surface area contributed by atoms with Crippen LogP contribution in [0.3, 0.4) is 0 Å². The van der Waals surface area contributed by atoms with E-state index in [-0.39, 0.29) is 28.4 Å². The van der Waals surface area contributed by atoms with Crippen molar-refractivity contribution in [3.05, 3.63) is 95.2 Å². The van der Waals surface area contributed by atoms with E-state index in [4.69, 9.17) is 0 Å². The van der Waals surface area contributed by atoms with Crippen LogP contribution in [0.2, 0.25) is 0 Å². The highest BCUT2D eigenvalue weighted by molar-refractivity contribution is 6.21. The van der Waals surface area contributed by atoms with Gasteiger partial charge in [-0.05, 0) is 35.4 Å². The Morgan fingerprint density at radius 2 is 1.31 bits per heavy atom. The first-order chi connectivity index (χ1) is 12.6. The van der Waals surface area contributed by atoms with Crippen LogP contribution in [0.1, 0.15) is 27.0 Å². The zero-order chi connectivity index (χ0) is 18.3. The highest BCUT2D eigenvalue weighted by Gasteiger charge is 2.31. The van der Waals surface area contributed by atoms with Crippen molar-refractivity contribution in [1.29, 1.82) is 0 Å². The van der Waals surface area contributed by atoms with Crippen LogP contribution < -0.4 is 4.90 Å². The van der Waals surface area contributed by atoms with Gasteiger partial charge in [0.05, 0.1) is 11.1 Å². The second-order valence-corrected chi connectivity index (χ2v) is 6.22. The molecule has 3 aromatic rings. The van der Waals surface area contributed by atoms with Crippen molar-refractivity contribution in [3.63, 3.8) is 0 Å². The summed E-state index contributed by atoms with van der Waals surface area (Å²) in [6.45, 7) is 0. The number of hydrogen-bond acceptors (Lipinski definition) is 4. The topological polar surface area (TPSA) is 60.8 Å². The van der Waals surface area contributed by atoms with Crippen LogP contribution >= 0.6 is 0 Å². The fraction of sp³-hybridized carbons (Fsp3) is 0.0455. The van der Waals surface area contributed by atoms with Gasteiger partial charge in [-0.25, -0.2) is 0 Å². The SMILES string of the molecule is CN(C=C1c2cccc(O)c2C(=O)c2c(O)cccc21)c1ccccc1. The Bertz CT molecular complexity index is 981. The van der Waals surface area contributed by atoms with Gasteiger partial charge < -0.3 is 15.1 Å². The van der Waals surface area contributed by atoms with Crippen molar-refractivity contribution in [2.75, 3.05) is 11.9 Å². The fourth-order valence-electron chi connectivity index (χ4n) is 3.35. The number of para-hydroxylation sites is 1. The predicted molar refractivity (Wildman–Crippen MR) is 102 cm³/mol. The lowest BCUT2D eigenvalue weighted by molar-refractivity contribution is 0.103. The van der Waals surface area contributed by atoms with Gasteiger partial charge in [-0.1, -0.05) is 42.5 Å². The van der Waals surface area contributed by atoms with E-state index in [9.17, 15) is 15.0 Å². The summed E-state index contributed by atoms with van der Waals surface area (Å²) in [5.41, 5.74) is 3.49. The molecule has 0 bridgehead atoms. The molecule has 0 aromatic heterocycles. The molecule has 0 aliphatic heterocycles. The molecule has 128 valence electrons. The lowest BCUT2D eigenvalue weighted by Crippen LogP contribution is -2.17. The lowest BCUT2D eigenvalue weighted by Gasteiger charge is -2.25. The molecule has 0 amide bonds. The number of phenols is 2. The Hall–Kier alpha value is -3.53. The Kier molecular flexibility index (Phi) is 3.73. The van der Waals surface area contributed by atoms with E-state index in [1.165, 1.54) is 12.1 Å². The zero-order valence-electron chi connectivity index (χ0n) is 14.2. The number of hydrogen-bond donors (Lipinski definition) is 2. The molecule has 0 unspecified atom stereocenters. The van der Waals surface area contributed by atoms with Gasteiger partial charge in [0.2, 0.25) is 5.78 Å². The zero-order valence-corrected chi connectivity index (χ0v) is 14.2. The third kappa shape index (κ3) is 2.43. The monoisotopic (exact) mass is 343 g/mol. The van der Waals surface area contributed by atoms with Crippen LogP contribution in [-0.4, -0.2) is 23.0 Å². The summed E-state index contributed by atoms with van der Waals surface area (Å²) in [5, 5.41) is 20.5. The van der Waals surface area contributed by atoms with Gasteiger partial charge in [0, 0.05) is 24.5 Å². The van der Waals surface area contributed by atoms with Gasteiger partial charge >= 0.3 is 0 Å². The Morgan fingerprint density at radius 3 is 1.85 bits per heavy atom. The predicted octanol–water partition coefficient (Wildman–Crippen LogP) is 4.17. The first kappa shape index (κ1) is 16.0. The van der Waals surface area contributed by atoms with Crippen LogP contribution in [0.15, 0.2) is 72.9 Å². The second-order valence-electron chi connectivity index (χ2n) is 6.22. The van der Waals surface area contributed by atoms with E-state index in [0.29, 0.717) is 11.1 Å². The number of phenolic OH excluding ortho intramolecular Hbond substituents is 2. The van der Waals surface area contributed by atoms with E-state index in [2.05, 4.69) is 0 Å². The third-order valence-corrected chi connectivity index (χ3v) is 4.61. The molecule has 1 aliphatic carbocycles. The maximum Gasteiger partial charge on any atom is 0.201 e. The lowest BCUT2D eigenvalue weighted by atomic mass is 9.80. The molecule has 0 atom stereocenters. The molecule has 1 aliphatic rings. The molecule has 0 fully saturated rings. The molecule has 26 heavy (non-hydrogen) atoms. The van der Waals surface area contributed by atoms with E-state index in [1.54, 1.807) is 12.1 Å². The quantitative estimate of drug-likeness (QED) is 0.573. The normalized spacial score (nSPS) is 12.3. The van der Waals surface area contributed by atoms with E-state index >= 15 is 0 Å². The van der Waals surface area contributed by atoms with Crippen molar-refractivity contribution in [3.8, 4) is 11.5 Å². The van der Waals surface area contributed by atoms with Crippen molar-refractivity contribution in [1.82, 2.24) is 0 Å². The minimum Gasteiger partial charge on any atom is -0.507 e. The molecule has 3 aromatic carbocycles. The summed E-state index contributed by atoms with van der Waals surface area (Å²) in [5.74, 6) is -0.546. The van der Waals surface area contributed by atoms with Gasteiger partial charge in [-0.2, -0.15) is 0 Å². The Balaban J connectivity index is 1.97. The smallest absolute Gasteiger partial charge is 0.201 e. The van der Waals surface area contributed by atoms with Gasteiger partial charge in [-0.15, -0.1) is 0 Å². The molecule has 0 heterocycles. The molecule has 0 saturated carbocycles. The van der Waals surface area contributed by atoms with Crippen LogP contribution in [0.25, 0.3) is 5.57 Å². The number of nitrogens with zero attached hydrogens (tertiary/aromatic N) is 1. The van der Waals surface area contributed by atoms with Crippen LogP contribution in [0.4, 0.5) is 5.69 Å². The van der Waals surface area contributed by atoms with Crippen molar-refractivity contribution in [2.45, 2.75) is 0 Å². The van der Waals surface area contributed by atoms with Gasteiger partial charge in [0.25, 0.3) is 0 Å². The van der Waals surface area contributed by atoms with Crippen LogP contribution in [0, 0.1) is 0 Å². The number of benzene rings is 3. The number of carbonyl (C=O) groups excluding carboxylic acids is 1.